The highest BCUT2D eigenvalue weighted by molar-refractivity contribution is 5.98. The van der Waals surface area contributed by atoms with Crippen LogP contribution in [0.25, 0.3) is 0 Å². The summed E-state index contributed by atoms with van der Waals surface area (Å²) in [7, 11) is 3.43. The van der Waals surface area contributed by atoms with Gasteiger partial charge in [0.2, 0.25) is 5.91 Å². The molecule has 25 heavy (non-hydrogen) atoms. The Bertz CT molecular complexity index is 675. The largest absolute Gasteiger partial charge is 0.348 e. The van der Waals surface area contributed by atoms with E-state index in [4.69, 9.17) is 0 Å². The van der Waals surface area contributed by atoms with E-state index < -0.39 is 4.92 Å². The molecule has 1 aliphatic heterocycles. The van der Waals surface area contributed by atoms with E-state index in [0.29, 0.717) is 31.7 Å². The number of rotatable bonds is 4. The number of hydrogen-bond acceptors (Lipinski definition) is 5. The van der Waals surface area contributed by atoms with Gasteiger partial charge in [0, 0.05) is 45.8 Å². The molecule has 136 valence electrons. The lowest BCUT2D eigenvalue weighted by atomic mass is 10.1. The van der Waals surface area contributed by atoms with Crippen LogP contribution in [0.5, 0.6) is 0 Å². The van der Waals surface area contributed by atoms with Crippen LogP contribution >= 0.6 is 0 Å². The van der Waals surface area contributed by atoms with Crippen molar-refractivity contribution in [3.05, 3.63) is 39.4 Å². The molecule has 0 atom stereocenters. The van der Waals surface area contributed by atoms with Gasteiger partial charge in [0.25, 0.3) is 11.6 Å². The second kappa shape index (κ2) is 8.06. The van der Waals surface area contributed by atoms with E-state index >= 15 is 0 Å². The molecule has 0 spiro atoms. The van der Waals surface area contributed by atoms with Crippen LogP contribution in [0.4, 0.5) is 5.69 Å². The molecule has 1 heterocycles. The van der Waals surface area contributed by atoms with E-state index in [9.17, 15) is 19.7 Å². The number of hydrogen-bond donors (Lipinski definition) is 0. The quantitative estimate of drug-likeness (QED) is 0.601. The molecule has 0 bridgehead atoms. The number of aryl methyl sites for hydroxylation is 1. The van der Waals surface area contributed by atoms with Crippen molar-refractivity contribution in [2.75, 3.05) is 46.8 Å². The normalized spacial score (nSPS) is 15.6. The minimum absolute atomic E-state index is 0.0223. The number of nitro benzene ring substituents is 1. The lowest BCUT2D eigenvalue weighted by Gasteiger charge is -2.23. The first kappa shape index (κ1) is 18.9. The Morgan fingerprint density at radius 3 is 2.56 bits per heavy atom. The van der Waals surface area contributed by atoms with E-state index in [2.05, 4.69) is 0 Å². The molecule has 0 N–H and O–H groups in total. The summed E-state index contributed by atoms with van der Waals surface area (Å²) in [5, 5.41) is 11.3. The summed E-state index contributed by atoms with van der Waals surface area (Å²) in [6, 6.07) is 4.80. The van der Waals surface area contributed by atoms with E-state index in [1.807, 2.05) is 4.90 Å². The summed E-state index contributed by atoms with van der Waals surface area (Å²) in [4.78, 5) is 40.7. The monoisotopic (exact) mass is 348 g/mol. The summed E-state index contributed by atoms with van der Waals surface area (Å²) in [6.45, 7) is 4.22. The van der Waals surface area contributed by atoms with Gasteiger partial charge in [-0.15, -0.1) is 0 Å². The van der Waals surface area contributed by atoms with Crippen LogP contribution in [0.15, 0.2) is 18.2 Å². The minimum atomic E-state index is -0.498. The smallest absolute Gasteiger partial charge is 0.285 e. The summed E-state index contributed by atoms with van der Waals surface area (Å²) < 4.78 is 0. The average Bonchev–Trinajstić information content (AvgIpc) is 2.79. The van der Waals surface area contributed by atoms with Gasteiger partial charge in [-0.05, 0) is 19.4 Å². The Labute approximate surface area is 147 Å². The second-order valence-electron chi connectivity index (χ2n) is 6.44. The van der Waals surface area contributed by atoms with Crippen LogP contribution in [0.3, 0.4) is 0 Å². The number of nitro groups is 1. The lowest BCUT2D eigenvalue weighted by molar-refractivity contribution is -0.385. The number of carbonyl (C=O) groups excluding carboxylic acids is 2. The molecule has 1 fully saturated rings. The molecule has 1 aliphatic rings. The zero-order valence-corrected chi connectivity index (χ0v) is 14.9. The van der Waals surface area contributed by atoms with Gasteiger partial charge < -0.3 is 9.80 Å². The molecule has 2 amide bonds. The molecule has 1 aromatic rings. The molecular formula is C17H24N4O4. The first-order chi connectivity index (χ1) is 11.8. The van der Waals surface area contributed by atoms with E-state index in [1.54, 1.807) is 43.0 Å². The summed E-state index contributed by atoms with van der Waals surface area (Å²) in [5.74, 6) is -0.301. The van der Waals surface area contributed by atoms with Gasteiger partial charge in [-0.2, -0.15) is 0 Å². The van der Waals surface area contributed by atoms with Gasteiger partial charge in [-0.3, -0.25) is 24.6 Å². The maximum atomic E-state index is 12.8. The highest BCUT2D eigenvalue weighted by Gasteiger charge is 2.28. The number of benzene rings is 1. The lowest BCUT2D eigenvalue weighted by Crippen LogP contribution is -2.39. The number of likely N-dealkylation sites (N-methyl/N-ethyl adjacent to an activating group) is 1. The fourth-order valence-corrected chi connectivity index (χ4v) is 2.91. The predicted octanol–water partition coefficient (Wildman–Crippen LogP) is 1.14. The standard InChI is InChI=1S/C17H24N4O4/c1-13-6-4-7-14(16(13)21(24)25)17(23)20-9-5-8-19(10-11-20)12-15(22)18(2)3/h4,6-7H,5,8-12H2,1-3H3. The Hall–Kier alpha value is -2.48. The molecule has 0 saturated carbocycles. The van der Waals surface area contributed by atoms with Gasteiger partial charge in [0.15, 0.2) is 0 Å². The van der Waals surface area contributed by atoms with Crippen molar-refractivity contribution in [1.82, 2.24) is 14.7 Å². The SMILES string of the molecule is Cc1cccc(C(=O)N2CCCN(CC(=O)N(C)C)CC2)c1[N+](=O)[O-]. The fraction of sp³-hybridized carbons (Fsp3) is 0.529. The molecule has 0 aliphatic carbocycles. The maximum Gasteiger partial charge on any atom is 0.285 e. The number of amides is 2. The van der Waals surface area contributed by atoms with Crippen molar-refractivity contribution < 1.29 is 14.5 Å². The molecular weight excluding hydrogens is 324 g/mol. The van der Waals surface area contributed by atoms with Gasteiger partial charge in [-0.25, -0.2) is 0 Å². The average molecular weight is 348 g/mol. The molecule has 0 radical (unpaired) electrons. The third kappa shape index (κ3) is 4.54. The number of carbonyl (C=O) groups is 2. The molecule has 8 nitrogen and oxygen atoms in total. The van der Waals surface area contributed by atoms with Gasteiger partial charge >= 0.3 is 0 Å². The van der Waals surface area contributed by atoms with E-state index in [1.165, 1.54) is 6.07 Å². The minimum Gasteiger partial charge on any atom is -0.348 e. The van der Waals surface area contributed by atoms with Gasteiger partial charge in [0.05, 0.1) is 11.5 Å². The van der Waals surface area contributed by atoms with Gasteiger partial charge in [-0.1, -0.05) is 12.1 Å². The highest BCUT2D eigenvalue weighted by Crippen LogP contribution is 2.24. The van der Waals surface area contributed by atoms with Crippen LogP contribution < -0.4 is 0 Å². The van der Waals surface area contributed by atoms with Crippen LogP contribution in [0.2, 0.25) is 0 Å². The Morgan fingerprint density at radius 2 is 1.92 bits per heavy atom. The first-order valence-electron chi connectivity index (χ1n) is 8.27. The van der Waals surface area contributed by atoms with Crippen molar-refractivity contribution in [1.29, 1.82) is 0 Å². The fourth-order valence-electron chi connectivity index (χ4n) is 2.91. The second-order valence-corrected chi connectivity index (χ2v) is 6.44. The predicted molar refractivity (Wildman–Crippen MR) is 93.5 cm³/mol. The van der Waals surface area contributed by atoms with Gasteiger partial charge in [0.1, 0.15) is 5.56 Å². The third-order valence-electron chi connectivity index (χ3n) is 4.38. The summed E-state index contributed by atoms with van der Waals surface area (Å²) in [5.41, 5.74) is 0.475. The van der Waals surface area contributed by atoms with Crippen molar-refractivity contribution >= 4 is 17.5 Å². The van der Waals surface area contributed by atoms with E-state index in [-0.39, 0.29) is 23.1 Å². The molecule has 1 aromatic carbocycles. The number of nitrogens with zero attached hydrogens (tertiary/aromatic N) is 4. The van der Waals surface area contributed by atoms with Crippen molar-refractivity contribution in [3.8, 4) is 0 Å². The van der Waals surface area contributed by atoms with Crippen LogP contribution in [0, 0.1) is 17.0 Å². The first-order valence-corrected chi connectivity index (χ1v) is 8.27. The zero-order chi connectivity index (χ0) is 18.6. The van der Waals surface area contributed by atoms with Crippen molar-refractivity contribution in [3.63, 3.8) is 0 Å². The molecule has 0 unspecified atom stereocenters. The highest BCUT2D eigenvalue weighted by atomic mass is 16.6. The zero-order valence-electron chi connectivity index (χ0n) is 14.9. The van der Waals surface area contributed by atoms with Crippen molar-refractivity contribution in [2.24, 2.45) is 0 Å². The Kier molecular flexibility index (Phi) is 6.08. The Morgan fingerprint density at radius 1 is 1.20 bits per heavy atom. The molecule has 1 saturated heterocycles. The molecule has 0 aromatic heterocycles. The Balaban J connectivity index is 2.11. The van der Waals surface area contributed by atoms with Crippen molar-refractivity contribution in [2.45, 2.75) is 13.3 Å². The van der Waals surface area contributed by atoms with Crippen LogP contribution in [-0.4, -0.2) is 78.3 Å². The maximum absolute atomic E-state index is 12.8. The molecule has 8 heteroatoms. The number of para-hydroxylation sites is 1. The molecule has 2 rings (SSSR count). The topological polar surface area (TPSA) is 87.0 Å². The van der Waals surface area contributed by atoms with Crippen LogP contribution in [-0.2, 0) is 4.79 Å². The third-order valence-corrected chi connectivity index (χ3v) is 4.38. The summed E-state index contributed by atoms with van der Waals surface area (Å²) in [6.07, 6.45) is 0.728. The summed E-state index contributed by atoms with van der Waals surface area (Å²) >= 11 is 0. The van der Waals surface area contributed by atoms with E-state index in [0.717, 1.165) is 13.0 Å². The van der Waals surface area contributed by atoms with Crippen LogP contribution in [0.1, 0.15) is 22.3 Å².